The van der Waals surface area contributed by atoms with Crippen molar-refractivity contribution in [2.75, 3.05) is 26.3 Å². The molecule has 0 aromatic heterocycles. The SMILES string of the molecule is O=S(=O)(NCC1COCCN1)c1ccc(Cl)cc1F. The van der Waals surface area contributed by atoms with Gasteiger partial charge in [0.15, 0.2) is 0 Å². The van der Waals surface area contributed by atoms with Gasteiger partial charge in [-0.3, -0.25) is 0 Å². The van der Waals surface area contributed by atoms with Crippen LogP contribution in [0.25, 0.3) is 0 Å². The summed E-state index contributed by atoms with van der Waals surface area (Å²) >= 11 is 5.58. The van der Waals surface area contributed by atoms with Crippen LogP contribution >= 0.6 is 11.6 Å². The fraction of sp³-hybridized carbons (Fsp3) is 0.455. The van der Waals surface area contributed by atoms with Crippen LogP contribution in [0.5, 0.6) is 0 Å². The maximum Gasteiger partial charge on any atom is 0.243 e. The molecule has 1 unspecified atom stereocenters. The van der Waals surface area contributed by atoms with Crippen LogP contribution in [-0.2, 0) is 14.8 Å². The number of sulfonamides is 1. The van der Waals surface area contributed by atoms with E-state index in [-0.39, 0.29) is 17.6 Å². The third-order valence-electron chi connectivity index (χ3n) is 2.70. The largest absolute Gasteiger partial charge is 0.378 e. The van der Waals surface area contributed by atoms with Gasteiger partial charge in [-0.25, -0.2) is 17.5 Å². The van der Waals surface area contributed by atoms with Gasteiger partial charge < -0.3 is 10.1 Å². The second-order valence-electron chi connectivity index (χ2n) is 4.15. The maximum absolute atomic E-state index is 13.6. The van der Waals surface area contributed by atoms with Gasteiger partial charge in [-0.15, -0.1) is 0 Å². The summed E-state index contributed by atoms with van der Waals surface area (Å²) in [5.41, 5.74) is 0. The molecule has 0 radical (unpaired) electrons. The number of morpholine rings is 1. The van der Waals surface area contributed by atoms with Crippen LogP contribution in [0.1, 0.15) is 0 Å². The number of nitrogens with one attached hydrogen (secondary N) is 2. The Labute approximate surface area is 116 Å². The Bertz CT molecular complexity index is 547. The lowest BCUT2D eigenvalue weighted by molar-refractivity contribution is 0.0784. The molecule has 106 valence electrons. The summed E-state index contributed by atoms with van der Waals surface area (Å²) in [5, 5.41) is 3.25. The van der Waals surface area contributed by atoms with E-state index in [0.29, 0.717) is 19.8 Å². The van der Waals surface area contributed by atoms with E-state index in [1.54, 1.807) is 0 Å². The zero-order valence-electron chi connectivity index (χ0n) is 10.0. The second-order valence-corrected chi connectivity index (χ2v) is 6.32. The number of benzene rings is 1. The molecule has 8 heteroatoms. The molecule has 1 aliphatic rings. The molecule has 1 heterocycles. The highest BCUT2D eigenvalue weighted by atomic mass is 35.5. The van der Waals surface area contributed by atoms with Crippen LogP contribution in [0.3, 0.4) is 0 Å². The van der Waals surface area contributed by atoms with Crippen LogP contribution in [0, 0.1) is 5.82 Å². The van der Waals surface area contributed by atoms with Crippen molar-refractivity contribution in [2.45, 2.75) is 10.9 Å². The van der Waals surface area contributed by atoms with Gasteiger partial charge >= 0.3 is 0 Å². The average Bonchev–Trinajstić information content (AvgIpc) is 2.37. The van der Waals surface area contributed by atoms with Gasteiger partial charge in [0.25, 0.3) is 0 Å². The van der Waals surface area contributed by atoms with Gasteiger partial charge in [-0.2, -0.15) is 0 Å². The Morgan fingerprint density at radius 3 is 2.95 bits per heavy atom. The lowest BCUT2D eigenvalue weighted by atomic mass is 10.3. The molecule has 0 spiro atoms. The molecule has 1 saturated heterocycles. The number of hydrogen-bond donors (Lipinski definition) is 2. The topological polar surface area (TPSA) is 67.4 Å². The highest BCUT2D eigenvalue weighted by molar-refractivity contribution is 7.89. The summed E-state index contributed by atoms with van der Waals surface area (Å²) in [5.74, 6) is -0.868. The van der Waals surface area contributed by atoms with Crippen molar-refractivity contribution in [1.82, 2.24) is 10.0 Å². The number of ether oxygens (including phenoxy) is 1. The summed E-state index contributed by atoms with van der Waals surface area (Å²) in [6.45, 7) is 1.84. The molecule has 5 nitrogen and oxygen atoms in total. The quantitative estimate of drug-likeness (QED) is 0.861. The van der Waals surface area contributed by atoms with E-state index in [9.17, 15) is 12.8 Å². The Balaban J connectivity index is 2.05. The fourth-order valence-electron chi connectivity index (χ4n) is 1.73. The number of rotatable bonds is 4. The summed E-state index contributed by atoms with van der Waals surface area (Å²) < 4.78 is 45.0. The van der Waals surface area contributed by atoms with Gasteiger partial charge in [-0.1, -0.05) is 11.6 Å². The monoisotopic (exact) mass is 308 g/mol. The van der Waals surface area contributed by atoms with Crippen molar-refractivity contribution < 1.29 is 17.5 Å². The molecule has 2 N–H and O–H groups in total. The minimum atomic E-state index is -3.89. The van der Waals surface area contributed by atoms with Crippen molar-refractivity contribution >= 4 is 21.6 Å². The van der Waals surface area contributed by atoms with E-state index < -0.39 is 20.7 Å². The van der Waals surface area contributed by atoms with Gasteiger partial charge in [0.1, 0.15) is 10.7 Å². The van der Waals surface area contributed by atoms with Crippen LogP contribution < -0.4 is 10.0 Å². The van der Waals surface area contributed by atoms with E-state index >= 15 is 0 Å². The highest BCUT2D eigenvalue weighted by Gasteiger charge is 2.21. The van der Waals surface area contributed by atoms with Crippen LogP contribution in [0.2, 0.25) is 5.02 Å². The first-order valence-electron chi connectivity index (χ1n) is 5.75. The minimum absolute atomic E-state index is 0.112. The van der Waals surface area contributed by atoms with Crippen molar-refractivity contribution in [3.63, 3.8) is 0 Å². The first-order chi connectivity index (χ1) is 8.99. The van der Waals surface area contributed by atoms with E-state index in [1.165, 1.54) is 6.07 Å². The van der Waals surface area contributed by atoms with Crippen LogP contribution in [0.4, 0.5) is 4.39 Å². The summed E-state index contributed by atoms with van der Waals surface area (Å²) in [4.78, 5) is -0.409. The van der Waals surface area contributed by atoms with Gasteiger partial charge in [0.05, 0.1) is 13.2 Å². The van der Waals surface area contributed by atoms with Crippen molar-refractivity contribution in [2.24, 2.45) is 0 Å². The maximum atomic E-state index is 13.6. The Morgan fingerprint density at radius 2 is 2.32 bits per heavy atom. The molecule has 1 atom stereocenters. The van der Waals surface area contributed by atoms with Gasteiger partial charge in [0.2, 0.25) is 10.0 Å². The molecular formula is C11H14ClFN2O3S. The minimum Gasteiger partial charge on any atom is -0.378 e. The van der Waals surface area contributed by atoms with Crippen LogP contribution in [0.15, 0.2) is 23.1 Å². The van der Waals surface area contributed by atoms with Gasteiger partial charge in [0, 0.05) is 24.2 Å². The Hall–Kier alpha value is -0.730. The van der Waals surface area contributed by atoms with Crippen molar-refractivity contribution in [1.29, 1.82) is 0 Å². The van der Waals surface area contributed by atoms with E-state index in [1.807, 2.05) is 0 Å². The first-order valence-corrected chi connectivity index (χ1v) is 7.61. The van der Waals surface area contributed by atoms with Crippen LogP contribution in [-0.4, -0.2) is 40.8 Å². The van der Waals surface area contributed by atoms with E-state index in [4.69, 9.17) is 16.3 Å². The molecule has 0 bridgehead atoms. The lowest BCUT2D eigenvalue weighted by Gasteiger charge is -2.23. The molecule has 19 heavy (non-hydrogen) atoms. The smallest absolute Gasteiger partial charge is 0.243 e. The molecule has 1 aromatic rings. The molecule has 1 aliphatic heterocycles. The third-order valence-corrected chi connectivity index (χ3v) is 4.39. The Kier molecular flexibility index (Phi) is 4.75. The second kappa shape index (κ2) is 6.15. The molecule has 0 saturated carbocycles. The Morgan fingerprint density at radius 1 is 1.53 bits per heavy atom. The highest BCUT2D eigenvalue weighted by Crippen LogP contribution is 2.18. The summed E-state index contributed by atoms with van der Waals surface area (Å²) in [6.07, 6.45) is 0. The van der Waals surface area contributed by atoms with Crippen molar-refractivity contribution in [3.8, 4) is 0 Å². The average molecular weight is 309 g/mol. The fourth-order valence-corrected chi connectivity index (χ4v) is 3.03. The first kappa shape index (κ1) is 14.7. The summed E-state index contributed by atoms with van der Waals surface area (Å²) in [6, 6.07) is 3.34. The zero-order chi connectivity index (χ0) is 13.9. The number of halogens is 2. The normalized spacial score (nSPS) is 20.4. The summed E-state index contributed by atoms with van der Waals surface area (Å²) in [7, 11) is -3.89. The third kappa shape index (κ3) is 3.87. The molecule has 0 amide bonds. The molecular weight excluding hydrogens is 295 g/mol. The molecule has 1 aromatic carbocycles. The molecule has 0 aliphatic carbocycles. The zero-order valence-corrected chi connectivity index (χ0v) is 11.6. The van der Waals surface area contributed by atoms with Crippen molar-refractivity contribution in [3.05, 3.63) is 29.0 Å². The predicted octanol–water partition coefficient (Wildman–Crippen LogP) is 0.746. The van der Waals surface area contributed by atoms with Gasteiger partial charge in [-0.05, 0) is 18.2 Å². The molecule has 1 fully saturated rings. The predicted molar refractivity (Wildman–Crippen MR) is 69.2 cm³/mol. The standard InChI is InChI=1S/C11H14ClFN2O3S/c12-8-1-2-11(10(13)5-8)19(16,17)15-6-9-7-18-4-3-14-9/h1-2,5,9,14-15H,3-4,6-7H2. The number of hydrogen-bond acceptors (Lipinski definition) is 4. The van der Waals surface area contributed by atoms with E-state index in [0.717, 1.165) is 12.1 Å². The molecule has 2 rings (SSSR count). The lowest BCUT2D eigenvalue weighted by Crippen LogP contribution is -2.48. The van der Waals surface area contributed by atoms with E-state index in [2.05, 4.69) is 10.0 Å².